The topological polar surface area (TPSA) is 72.8 Å². The van der Waals surface area contributed by atoms with Crippen molar-refractivity contribution in [3.05, 3.63) is 60.8 Å². The normalized spacial score (nSPS) is 12.4. The zero-order chi connectivity index (χ0) is 63.3. The van der Waals surface area contributed by atoms with Crippen molar-refractivity contribution >= 4 is 11.9 Å². The van der Waals surface area contributed by atoms with Crippen molar-refractivity contribution in [3.8, 4) is 0 Å². The average Bonchev–Trinajstić information content (AvgIpc) is 3.54. The van der Waals surface area contributed by atoms with Gasteiger partial charge in [-0.3, -0.25) is 9.59 Å². The molecule has 0 aliphatic heterocycles. The van der Waals surface area contributed by atoms with Gasteiger partial charge in [0.05, 0.1) is 6.61 Å². The minimum Gasteiger partial charge on any atom is -0.462 e. The lowest BCUT2D eigenvalue weighted by Gasteiger charge is -2.15. The highest BCUT2D eigenvalue weighted by Gasteiger charge is 2.16. The fourth-order valence-electron chi connectivity index (χ4n) is 12.4. The largest absolute Gasteiger partial charge is 0.462 e. The monoisotopic (exact) mass is 1230 g/mol. The van der Waals surface area contributed by atoms with Gasteiger partial charge in [-0.05, 0) is 77.0 Å². The Morgan fingerprint density at radius 3 is 0.750 bits per heavy atom. The van der Waals surface area contributed by atoms with Crippen LogP contribution in [0, 0.1) is 0 Å². The third-order valence-electron chi connectivity index (χ3n) is 18.3. The molecular weight excluding hydrogens is 1080 g/mol. The predicted octanol–water partition coefficient (Wildman–Crippen LogP) is 28.0. The molecule has 0 amide bonds. The lowest BCUT2D eigenvalue weighted by Crippen LogP contribution is -2.28. The summed E-state index contributed by atoms with van der Waals surface area (Å²) in [6, 6.07) is 0. The first-order valence-electron chi connectivity index (χ1n) is 39.8. The van der Waals surface area contributed by atoms with Gasteiger partial charge >= 0.3 is 11.9 Å². The Hall–Kier alpha value is -2.40. The summed E-state index contributed by atoms with van der Waals surface area (Å²) in [6.07, 6.45) is 109. The highest BCUT2D eigenvalue weighted by Crippen LogP contribution is 2.20. The average molecular weight is 1230 g/mol. The molecule has 0 saturated heterocycles. The van der Waals surface area contributed by atoms with Crippen LogP contribution in [0.25, 0.3) is 0 Å². The highest BCUT2D eigenvalue weighted by atomic mass is 16.6. The van der Waals surface area contributed by atoms with Gasteiger partial charge in [-0.25, -0.2) is 0 Å². The maximum Gasteiger partial charge on any atom is 0.306 e. The fraction of sp³-hybridized carbons (Fsp3) is 0.855. The van der Waals surface area contributed by atoms with Gasteiger partial charge < -0.3 is 14.6 Å². The molecule has 0 bridgehead atoms. The van der Waals surface area contributed by atoms with E-state index in [2.05, 4.69) is 74.6 Å². The molecule has 0 spiro atoms. The first-order valence-corrected chi connectivity index (χ1v) is 39.8. The number of unbranched alkanes of at least 4 members (excludes halogenated alkanes) is 57. The molecule has 0 saturated carbocycles. The van der Waals surface area contributed by atoms with E-state index in [1.807, 2.05) is 0 Å². The van der Waals surface area contributed by atoms with Crippen molar-refractivity contribution in [2.75, 3.05) is 13.2 Å². The molecule has 1 unspecified atom stereocenters. The Kier molecular flexibility index (Phi) is 76.7. The number of aliphatic hydroxyl groups is 1. The van der Waals surface area contributed by atoms with Gasteiger partial charge in [0.25, 0.3) is 0 Å². The number of carbonyl (C=O) groups excluding carboxylic acids is 2. The van der Waals surface area contributed by atoms with Crippen LogP contribution in [0.4, 0.5) is 0 Å². The molecule has 1 atom stereocenters. The number of rotatable bonds is 75. The van der Waals surface area contributed by atoms with E-state index in [-0.39, 0.29) is 25.2 Å². The fourth-order valence-corrected chi connectivity index (χ4v) is 12.4. The van der Waals surface area contributed by atoms with Crippen molar-refractivity contribution in [1.82, 2.24) is 0 Å². The second kappa shape index (κ2) is 78.8. The number of esters is 2. The predicted molar refractivity (Wildman–Crippen MR) is 390 cm³/mol. The van der Waals surface area contributed by atoms with Crippen molar-refractivity contribution in [3.63, 3.8) is 0 Å². The lowest BCUT2D eigenvalue weighted by molar-refractivity contribution is -0.161. The summed E-state index contributed by atoms with van der Waals surface area (Å²) >= 11 is 0. The molecule has 0 aliphatic carbocycles. The summed E-state index contributed by atoms with van der Waals surface area (Å²) in [4.78, 5) is 24.7. The van der Waals surface area contributed by atoms with Gasteiger partial charge in [0.2, 0.25) is 0 Å². The molecule has 0 heterocycles. The number of aliphatic hydroxyl groups excluding tert-OH is 1. The molecule has 0 aromatic carbocycles. The number of hydrogen-bond donors (Lipinski definition) is 1. The molecule has 1 N–H and O–H groups in total. The van der Waals surface area contributed by atoms with E-state index in [0.29, 0.717) is 12.8 Å². The Labute approximate surface area is 551 Å². The van der Waals surface area contributed by atoms with E-state index in [4.69, 9.17) is 9.47 Å². The molecule has 5 heteroatoms. The Balaban J connectivity index is 3.36. The Morgan fingerprint density at radius 1 is 0.273 bits per heavy atom. The summed E-state index contributed by atoms with van der Waals surface area (Å²) in [5.41, 5.74) is 0. The van der Waals surface area contributed by atoms with Crippen LogP contribution in [-0.4, -0.2) is 36.4 Å². The molecule has 0 rings (SSSR count). The quantitative estimate of drug-likeness (QED) is 0.0373. The van der Waals surface area contributed by atoms with Crippen LogP contribution in [0.3, 0.4) is 0 Å². The SMILES string of the molecule is CC/C=C\C/C=C\C/C=C\C/C=C\CCCCCCCCCCCCCCCCCCCCCCCCC(=O)OC(CO)COC(=O)CCCCCCCCCCCCCCCCCCCCCCCCCCCCC/C=C\CCCCCCCCCC. The number of allylic oxidation sites excluding steroid dienone is 10. The van der Waals surface area contributed by atoms with Crippen molar-refractivity contribution in [1.29, 1.82) is 0 Å². The van der Waals surface area contributed by atoms with Gasteiger partial charge in [0.1, 0.15) is 6.61 Å². The first kappa shape index (κ1) is 85.6. The number of hydrogen-bond acceptors (Lipinski definition) is 5. The lowest BCUT2D eigenvalue weighted by atomic mass is 10.0. The van der Waals surface area contributed by atoms with Gasteiger partial charge in [-0.2, -0.15) is 0 Å². The summed E-state index contributed by atoms with van der Waals surface area (Å²) in [5.74, 6) is -0.564. The van der Waals surface area contributed by atoms with E-state index < -0.39 is 6.10 Å². The smallest absolute Gasteiger partial charge is 0.306 e. The number of carbonyl (C=O) groups is 2. The summed E-state index contributed by atoms with van der Waals surface area (Å²) in [5, 5.41) is 9.73. The van der Waals surface area contributed by atoms with E-state index in [1.54, 1.807) is 0 Å². The third kappa shape index (κ3) is 76.1. The van der Waals surface area contributed by atoms with E-state index in [0.717, 1.165) is 57.8 Å². The molecular formula is C83H154O5. The van der Waals surface area contributed by atoms with Gasteiger partial charge in [0.15, 0.2) is 6.10 Å². The molecule has 88 heavy (non-hydrogen) atoms. The van der Waals surface area contributed by atoms with E-state index >= 15 is 0 Å². The summed E-state index contributed by atoms with van der Waals surface area (Å²) in [7, 11) is 0. The molecule has 0 aliphatic rings. The maximum absolute atomic E-state index is 12.4. The maximum atomic E-state index is 12.4. The minimum atomic E-state index is -0.771. The Morgan fingerprint density at radius 2 is 0.489 bits per heavy atom. The third-order valence-corrected chi connectivity index (χ3v) is 18.3. The van der Waals surface area contributed by atoms with Crippen LogP contribution < -0.4 is 0 Å². The molecule has 0 aromatic heterocycles. The van der Waals surface area contributed by atoms with Crippen molar-refractivity contribution in [2.45, 2.75) is 444 Å². The molecule has 0 fully saturated rings. The summed E-state index contributed by atoms with van der Waals surface area (Å²) in [6.45, 7) is 4.09. The van der Waals surface area contributed by atoms with Crippen LogP contribution in [0.5, 0.6) is 0 Å². The van der Waals surface area contributed by atoms with Crippen LogP contribution in [0.15, 0.2) is 60.8 Å². The summed E-state index contributed by atoms with van der Waals surface area (Å²) < 4.78 is 10.8. The van der Waals surface area contributed by atoms with Gasteiger partial charge in [0, 0.05) is 12.8 Å². The van der Waals surface area contributed by atoms with E-state index in [1.165, 1.54) is 353 Å². The molecule has 5 nitrogen and oxygen atoms in total. The zero-order valence-electron chi connectivity index (χ0n) is 59.5. The van der Waals surface area contributed by atoms with Crippen LogP contribution in [0.1, 0.15) is 438 Å². The molecule has 0 radical (unpaired) electrons. The Bertz CT molecular complexity index is 1490. The van der Waals surface area contributed by atoms with Crippen molar-refractivity contribution in [2.24, 2.45) is 0 Å². The molecule has 516 valence electrons. The highest BCUT2D eigenvalue weighted by molar-refractivity contribution is 5.70. The van der Waals surface area contributed by atoms with Crippen LogP contribution in [-0.2, 0) is 19.1 Å². The minimum absolute atomic E-state index is 0.0595. The first-order chi connectivity index (χ1) is 43.6. The second-order valence-electron chi connectivity index (χ2n) is 27.1. The van der Waals surface area contributed by atoms with Gasteiger partial charge in [-0.1, -0.05) is 408 Å². The standard InChI is InChI=1S/C83H154O5/c1-3-5-7-9-11-13-15-17-19-21-23-25-27-29-31-33-35-37-39-40-41-42-44-45-47-49-51-53-55-57-59-61-63-65-67-69-71-73-75-77-82(85)87-80-81(79-84)88-83(86)78-76-74-72-70-68-66-64-62-60-58-56-54-52-50-48-46-43-38-36-34-32-30-28-26-24-22-20-18-16-14-12-10-8-6-4-2/h6,8,12,14,18,20-21,23-24,26,81,84H,3-5,7,9-11,13,15-17,19,22,25,27-80H2,1-2H3/b8-6-,14-12-,20-18-,23-21-,26-24-. The van der Waals surface area contributed by atoms with Crippen LogP contribution in [0.2, 0.25) is 0 Å². The van der Waals surface area contributed by atoms with Crippen molar-refractivity contribution < 1.29 is 24.2 Å². The molecule has 0 aromatic rings. The van der Waals surface area contributed by atoms with Crippen LogP contribution >= 0.6 is 0 Å². The van der Waals surface area contributed by atoms with Gasteiger partial charge in [-0.15, -0.1) is 0 Å². The number of ether oxygens (including phenoxy) is 2. The second-order valence-corrected chi connectivity index (χ2v) is 27.1. The van der Waals surface area contributed by atoms with E-state index in [9.17, 15) is 14.7 Å². The zero-order valence-corrected chi connectivity index (χ0v) is 59.5.